The summed E-state index contributed by atoms with van der Waals surface area (Å²) in [5.41, 5.74) is 0.361. The molecule has 0 aliphatic heterocycles. The molecule has 0 unspecified atom stereocenters. The molecule has 3 N–H and O–H groups in total. The van der Waals surface area contributed by atoms with Crippen LogP contribution in [-0.4, -0.2) is 29.9 Å². The largest absolute Gasteiger partial charge is 0.487 e. The molecule has 1 saturated carbocycles. The molecular formula is C16H23FN2O3. The van der Waals surface area contributed by atoms with Crippen LogP contribution >= 0.6 is 0 Å². The van der Waals surface area contributed by atoms with E-state index in [2.05, 4.69) is 10.6 Å². The van der Waals surface area contributed by atoms with Crippen LogP contribution in [0, 0.1) is 11.7 Å². The summed E-state index contributed by atoms with van der Waals surface area (Å²) in [5.74, 6) is -0.319. The summed E-state index contributed by atoms with van der Waals surface area (Å²) in [5, 5.41) is 14.3. The molecule has 1 aromatic rings. The van der Waals surface area contributed by atoms with Crippen LogP contribution in [0.15, 0.2) is 18.2 Å². The zero-order chi connectivity index (χ0) is 16.1. The molecule has 22 heavy (non-hydrogen) atoms. The highest BCUT2D eigenvalue weighted by Crippen LogP contribution is 2.28. The lowest BCUT2D eigenvalue weighted by atomic mass is 9.96. The number of carbonyl (C=O) groups is 1. The van der Waals surface area contributed by atoms with Crippen LogP contribution in [-0.2, 0) is 0 Å². The maximum Gasteiger partial charge on any atom is 0.319 e. The van der Waals surface area contributed by atoms with Gasteiger partial charge in [0.15, 0.2) is 11.6 Å². The van der Waals surface area contributed by atoms with Gasteiger partial charge in [0, 0.05) is 24.4 Å². The van der Waals surface area contributed by atoms with Crippen molar-refractivity contribution in [2.45, 2.75) is 45.3 Å². The number of rotatable bonds is 6. The fraction of sp³-hybridized carbons (Fsp3) is 0.562. The molecule has 1 aliphatic carbocycles. The van der Waals surface area contributed by atoms with Crippen molar-refractivity contribution in [1.29, 1.82) is 0 Å². The normalized spacial score (nSPS) is 17.3. The van der Waals surface area contributed by atoms with Gasteiger partial charge in [-0.25, -0.2) is 9.18 Å². The second kappa shape index (κ2) is 7.45. The quantitative estimate of drug-likeness (QED) is 0.756. The Morgan fingerprint density at radius 2 is 2.18 bits per heavy atom. The van der Waals surface area contributed by atoms with Gasteiger partial charge in [-0.3, -0.25) is 0 Å². The molecule has 0 radical (unpaired) electrons. The van der Waals surface area contributed by atoms with Crippen molar-refractivity contribution >= 4 is 11.7 Å². The van der Waals surface area contributed by atoms with Crippen LogP contribution in [0.1, 0.15) is 33.1 Å². The van der Waals surface area contributed by atoms with E-state index in [1.165, 1.54) is 12.1 Å². The first kappa shape index (κ1) is 16.5. The third-order valence-corrected chi connectivity index (χ3v) is 4.04. The highest BCUT2D eigenvalue weighted by Gasteiger charge is 2.21. The Morgan fingerprint density at radius 1 is 1.45 bits per heavy atom. The van der Waals surface area contributed by atoms with Gasteiger partial charge < -0.3 is 20.5 Å². The molecule has 1 aliphatic rings. The topological polar surface area (TPSA) is 70.6 Å². The van der Waals surface area contributed by atoms with E-state index in [-0.39, 0.29) is 30.4 Å². The summed E-state index contributed by atoms with van der Waals surface area (Å²) < 4.78 is 19.5. The zero-order valence-corrected chi connectivity index (χ0v) is 12.9. The molecule has 1 fully saturated rings. The minimum atomic E-state index is -0.485. The number of ether oxygens (including phenoxy) is 1. The molecule has 2 amide bonds. The highest BCUT2D eigenvalue weighted by atomic mass is 19.1. The summed E-state index contributed by atoms with van der Waals surface area (Å²) >= 11 is 0. The summed E-state index contributed by atoms with van der Waals surface area (Å²) in [6.07, 6.45) is 3.15. The molecule has 0 aromatic heterocycles. The Bertz CT molecular complexity index is 520. The van der Waals surface area contributed by atoms with Gasteiger partial charge in [-0.05, 0) is 44.2 Å². The first-order valence-electron chi connectivity index (χ1n) is 7.64. The molecule has 6 heteroatoms. The van der Waals surface area contributed by atoms with Gasteiger partial charge in [0.25, 0.3) is 0 Å². The van der Waals surface area contributed by atoms with Crippen LogP contribution in [0.2, 0.25) is 0 Å². The minimum absolute atomic E-state index is 0.0106. The number of urea groups is 1. The van der Waals surface area contributed by atoms with E-state index < -0.39 is 11.8 Å². The predicted octanol–water partition coefficient (Wildman–Crippen LogP) is 2.90. The standard InChI is InChI=1S/C16H23FN2O3/c1-10(9-20)11(2)18-16(21)19-12-6-7-15(14(17)8-12)22-13-4-3-5-13/h6-8,10-11,13,20H,3-5,9H2,1-2H3,(H2,18,19,21)/t10-,11-/m1/s1. The number of nitrogens with one attached hydrogen (secondary N) is 2. The summed E-state index contributed by atoms with van der Waals surface area (Å²) in [6, 6.07) is 3.77. The average Bonchev–Trinajstić information content (AvgIpc) is 2.43. The molecule has 0 bridgehead atoms. The molecule has 0 heterocycles. The molecular weight excluding hydrogens is 287 g/mol. The smallest absolute Gasteiger partial charge is 0.319 e. The Morgan fingerprint density at radius 3 is 2.73 bits per heavy atom. The molecule has 5 nitrogen and oxygen atoms in total. The lowest BCUT2D eigenvalue weighted by Crippen LogP contribution is -2.40. The molecule has 122 valence electrons. The lowest BCUT2D eigenvalue weighted by molar-refractivity contribution is 0.115. The van der Waals surface area contributed by atoms with E-state index >= 15 is 0 Å². The fourth-order valence-electron chi connectivity index (χ4n) is 2.02. The molecule has 0 saturated heterocycles. The molecule has 2 atom stereocenters. The highest BCUT2D eigenvalue weighted by molar-refractivity contribution is 5.89. The Kier molecular flexibility index (Phi) is 5.60. The third kappa shape index (κ3) is 4.34. The van der Waals surface area contributed by atoms with Gasteiger partial charge in [0.05, 0.1) is 6.10 Å². The number of hydrogen-bond donors (Lipinski definition) is 3. The number of halogens is 1. The lowest BCUT2D eigenvalue weighted by Gasteiger charge is -2.26. The second-order valence-corrected chi connectivity index (χ2v) is 5.86. The van der Waals surface area contributed by atoms with Crippen molar-refractivity contribution < 1.29 is 19.0 Å². The van der Waals surface area contributed by atoms with Gasteiger partial charge in [-0.1, -0.05) is 6.92 Å². The van der Waals surface area contributed by atoms with Crippen molar-refractivity contribution in [2.24, 2.45) is 5.92 Å². The van der Waals surface area contributed by atoms with E-state index in [0.717, 1.165) is 19.3 Å². The van der Waals surface area contributed by atoms with E-state index in [4.69, 9.17) is 9.84 Å². The molecule has 1 aromatic carbocycles. The number of benzene rings is 1. The van der Waals surface area contributed by atoms with Gasteiger partial charge in [-0.2, -0.15) is 0 Å². The van der Waals surface area contributed by atoms with E-state index in [9.17, 15) is 9.18 Å². The zero-order valence-electron chi connectivity index (χ0n) is 12.9. The van der Waals surface area contributed by atoms with Crippen molar-refractivity contribution in [3.63, 3.8) is 0 Å². The maximum absolute atomic E-state index is 13.9. The number of hydrogen-bond acceptors (Lipinski definition) is 3. The summed E-state index contributed by atoms with van der Waals surface area (Å²) in [4.78, 5) is 11.8. The van der Waals surface area contributed by atoms with Crippen LogP contribution in [0.25, 0.3) is 0 Å². The van der Waals surface area contributed by atoms with Crippen molar-refractivity contribution in [1.82, 2.24) is 5.32 Å². The molecule has 0 spiro atoms. The second-order valence-electron chi connectivity index (χ2n) is 5.86. The van der Waals surface area contributed by atoms with Crippen LogP contribution in [0.3, 0.4) is 0 Å². The van der Waals surface area contributed by atoms with Gasteiger partial charge in [0.2, 0.25) is 0 Å². The number of anilines is 1. The van der Waals surface area contributed by atoms with E-state index in [1.807, 2.05) is 6.92 Å². The summed E-state index contributed by atoms with van der Waals surface area (Å²) in [6.45, 7) is 3.62. The van der Waals surface area contributed by atoms with Gasteiger partial charge >= 0.3 is 6.03 Å². The first-order chi connectivity index (χ1) is 10.5. The predicted molar refractivity (Wildman–Crippen MR) is 82.5 cm³/mol. The fourth-order valence-corrected chi connectivity index (χ4v) is 2.02. The van der Waals surface area contributed by atoms with Crippen LogP contribution < -0.4 is 15.4 Å². The maximum atomic E-state index is 13.9. The number of carbonyl (C=O) groups excluding carboxylic acids is 1. The monoisotopic (exact) mass is 310 g/mol. The average molecular weight is 310 g/mol. The van der Waals surface area contributed by atoms with Crippen molar-refractivity contribution in [2.75, 3.05) is 11.9 Å². The van der Waals surface area contributed by atoms with E-state index in [1.54, 1.807) is 13.0 Å². The first-order valence-corrected chi connectivity index (χ1v) is 7.64. The summed E-state index contributed by atoms with van der Waals surface area (Å²) in [7, 11) is 0. The Labute approximate surface area is 129 Å². The number of aliphatic hydroxyl groups is 1. The Balaban J connectivity index is 1.89. The third-order valence-electron chi connectivity index (χ3n) is 4.04. The van der Waals surface area contributed by atoms with Crippen molar-refractivity contribution in [3.05, 3.63) is 24.0 Å². The van der Waals surface area contributed by atoms with Gasteiger partial charge in [0.1, 0.15) is 0 Å². The molecule has 2 rings (SSSR count). The SMILES string of the molecule is C[C@H](CO)[C@@H](C)NC(=O)Nc1ccc(OC2CCC2)c(F)c1. The van der Waals surface area contributed by atoms with Crippen LogP contribution in [0.4, 0.5) is 14.9 Å². The number of aliphatic hydroxyl groups excluding tert-OH is 1. The Hall–Kier alpha value is -1.82. The van der Waals surface area contributed by atoms with Crippen LogP contribution in [0.5, 0.6) is 5.75 Å². The van der Waals surface area contributed by atoms with Gasteiger partial charge in [-0.15, -0.1) is 0 Å². The van der Waals surface area contributed by atoms with E-state index in [0.29, 0.717) is 5.69 Å². The number of amides is 2. The minimum Gasteiger partial charge on any atom is -0.487 e. The van der Waals surface area contributed by atoms with Crippen molar-refractivity contribution in [3.8, 4) is 5.75 Å².